The van der Waals surface area contributed by atoms with Gasteiger partial charge < -0.3 is 20.3 Å². The van der Waals surface area contributed by atoms with Crippen molar-refractivity contribution in [3.8, 4) is 0 Å². The van der Waals surface area contributed by atoms with Gasteiger partial charge in [0.15, 0.2) is 0 Å². The molecular formula is C30H47N3O4S. The van der Waals surface area contributed by atoms with Gasteiger partial charge in [-0.3, -0.25) is 9.59 Å². The van der Waals surface area contributed by atoms with Gasteiger partial charge in [-0.25, -0.2) is 4.79 Å². The van der Waals surface area contributed by atoms with E-state index in [9.17, 15) is 14.4 Å². The van der Waals surface area contributed by atoms with Crippen molar-refractivity contribution in [1.82, 2.24) is 15.5 Å². The number of amides is 3. The van der Waals surface area contributed by atoms with E-state index in [-0.39, 0.29) is 23.9 Å². The van der Waals surface area contributed by atoms with E-state index in [1.807, 2.05) is 44.4 Å². The van der Waals surface area contributed by atoms with E-state index in [1.165, 1.54) is 6.42 Å². The number of carbonyl (C=O) groups is 3. The van der Waals surface area contributed by atoms with E-state index in [4.69, 9.17) is 4.74 Å². The van der Waals surface area contributed by atoms with Crippen LogP contribution in [0.1, 0.15) is 96.7 Å². The third kappa shape index (κ3) is 9.68. The average Bonchev–Trinajstić information content (AvgIpc) is 2.88. The minimum absolute atomic E-state index is 0.0994. The summed E-state index contributed by atoms with van der Waals surface area (Å²) in [7, 11) is 0. The molecule has 7 nitrogen and oxygen atoms in total. The molecule has 3 atom stereocenters. The van der Waals surface area contributed by atoms with Crippen molar-refractivity contribution in [2.45, 2.75) is 109 Å². The molecule has 3 amide bonds. The number of rotatable bonds is 12. The Labute approximate surface area is 233 Å². The lowest BCUT2D eigenvalue weighted by molar-refractivity contribution is -0.145. The summed E-state index contributed by atoms with van der Waals surface area (Å²) < 4.78 is 5.47. The first-order valence-corrected chi connectivity index (χ1v) is 15.2. The van der Waals surface area contributed by atoms with Gasteiger partial charge in [0, 0.05) is 12.1 Å². The van der Waals surface area contributed by atoms with Crippen LogP contribution in [0.4, 0.5) is 4.79 Å². The predicted molar refractivity (Wildman–Crippen MR) is 157 cm³/mol. The first kappa shape index (κ1) is 31.7. The summed E-state index contributed by atoms with van der Waals surface area (Å²) >= 11 is 1.60. The van der Waals surface area contributed by atoms with Crippen LogP contribution >= 0.6 is 11.8 Å². The monoisotopic (exact) mass is 545 g/mol. The molecule has 0 heterocycles. The van der Waals surface area contributed by atoms with Gasteiger partial charge in [-0.15, -0.1) is 0 Å². The van der Waals surface area contributed by atoms with Crippen molar-refractivity contribution in [3.63, 3.8) is 0 Å². The maximum atomic E-state index is 14.3. The Kier molecular flexibility index (Phi) is 12.7. The Balaban J connectivity index is 2.50. The molecule has 212 valence electrons. The summed E-state index contributed by atoms with van der Waals surface area (Å²) in [6.07, 6.45) is 9.39. The summed E-state index contributed by atoms with van der Waals surface area (Å²) in [5.41, 5.74) is 0.909. The van der Waals surface area contributed by atoms with E-state index >= 15 is 0 Å². The van der Waals surface area contributed by atoms with Crippen LogP contribution in [0.3, 0.4) is 0 Å². The van der Waals surface area contributed by atoms with Gasteiger partial charge in [-0.05, 0) is 82.6 Å². The van der Waals surface area contributed by atoms with Gasteiger partial charge in [0.25, 0.3) is 0 Å². The molecular weight excluding hydrogens is 498 g/mol. The lowest BCUT2D eigenvalue weighted by Gasteiger charge is -2.39. The molecule has 0 saturated heterocycles. The molecule has 38 heavy (non-hydrogen) atoms. The van der Waals surface area contributed by atoms with Crippen LogP contribution in [0, 0.1) is 0 Å². The van der Waals surface area contributed by atoms with E-state index in [2.05, 4.69) is 17.2 Å². The quantitative estimate of drug-likeness (QED) is 0.332. The smallest absolute Gasteiger partial charge is 0.408 e. The summed E-state index contributed by atoms with van der Waals surface area (Å²) in [6, 6.07) is 5.81. The van der Waals surface area contributed by atoms with Crippen LogP contribution in [0.25, 0.3) is 6.08 Å². The molecule has 1 aromatic rings. The summed E-state index contributed by atoms with van der Waals surface area (Å²) in [4.78, 5) is 42.6. The third-order valence-corrected chi connectivity index (χ3v) is 7.50. The van der Waals surface area contributed by atoms with Crippen molar-refractivity contribution < 1.29 is 19.1 Å². The highest BCUT2D eigenvalue weighted by Crippen LogP contribution is 2.29. The second-order valence-electron chi connectivity index (χ2n) is 11.1. The highest BCUT2D eigenvalue weighted by atomic mass is 32.2. The number of thioether (sulfide) groups is 1. The van der Waals surface area contributed by atoms with Crippen molar-refractivity contribution in [1.29, 1.82) is 0 Å². The molecule has 0 aliphatic heterocycles. The molecule has 1 fully saturated rings. The van der Waals surface area contributed by atoms with E-state index in [0.717, 1.165) is 36.8 Å². The SMILES string of the molecule is C=Cc1cccc(C(C(=O)NC2CCCCC2)N(C(=O)C(CCSC)NC(=O)OC(C)(C)C)C(C)CC)c1. The molecule has 1 aromatic carbocycles. The Morgan fingerprint density at radius 1 is 1.21 bits per heavy atom. The number of nitrogens with zero attached hydrogens (tertiary/aromatic N) is 1. The van der Waals surface area contributed by atoms with E-state index < -0.39 is 23.8 Å². The third-order valence-electron chi connectivity index (χ3n) is 6.86. The minimum Gasteiger partial charge on any atom is -0.444 e. The van der Waals surface area contributed by atoms with Gasteiger partial charge in [-0.2, -0.15) is 11.8 Å². The summed E-state index contributed by atoms with van der Waals surface area (Å²) in [5.74, 6) is 0.200. The van der Waals surface area contributed by atoms with Gasteiger partial charge in [0.2, 0.25) is 11.8 Å². The molecule has 2 N–H and O–H groups in total. The largest absolute Gasteiger partial charge is 0.444 e. The first-order valence-electron chi connectivity index (χ1n) is 13.8. The second kappa shape index (κ2) is 15.2. The number of hydrogen-bond acceptors (Lipinski definition) is 5. The zero-order valence-corrected chi connectivity index (χ0v) is 24.9. The number of carbonyl (C=O) groups excluding carboxylic acids is 3. The average molecular weight is 546 g/mol. The maximum absolute atomic E-state index is 14.3. The number of ether oxygens (including phenoxy) is 1. The molecule has 1 saturated carbocycles. The molecule has 3 unspecified atom stereocenters. The predicted octanol–water partition coefficient (Wildman–Crippen LogP) is 6.09. The van der Waals surface area contributed by atoms with Crippen LogP contribution in [0.2, 0.25) is 0 Å². The molecule has 0 radical (unpaired) electrons. The van der Waals surface area contributed by atoms with Gasteiger partial charge in [0.05, 0.1) is 0 Å². The lowest BCUT2D eigenvalue weighted by atomic mass is 9.93. The van der Waals surface area contributed by atoms with Gasteiger partial charge >= 0.3 is 6.09 Å². The topological polar surface area (TPSA) is 87.7 Å². The lowest BCUT2D eigenvalue weighted by Crippen LogP contribution is -2.56. The van der Waals surface area contributed by atoms with Crippen LogP contribution in [-0.2, 0) is 14.3 Å². The normalized spacial score (nSPS) is 16.6. The molecule has 0 bridgehead atoms. The van der Waals surface area contributed by atoms with Crippen LogP contribution in [-0.4, -0.2) is 58.5 Å². The molecule has 1 aliphatic carbocycles. The molecule has 0 spiro atoms. The van der Waals surface area contributed by atoms with Crippen molar-refractivity contribution in [2.24, 2.45) is 0 Å². The standard InChI is InChI=1S/C30H47N3O4S/c1-8-21(3)33(28(35)25(18-19-38-7)32-29(36)37-30(4,5)6)26(23-15-13-14-22(9-2)20-23)27(34)31-24-16-11-10-12-17-24/h9,13-15,20-21,24-26H,2,8,10-12,16-19H2,1,3-7H3,(H,31,34)(H,32,36). The van der Waals surface area contributed by atoms with Crippen molar-refractivity contribution in [2.75, 3.05) is 12.0 Å². The molecule has 1 aliphatic rings. The second-order valence-corrected chi connectivity index (χ2v) is 12.1. The zero-order chi connectivity index (χ0) is 28.3. The van der Waals surface area contributed by atoms with Crippen molar-refractivity contribution >= 4 is 35.7 Å². The fraction of sp³-hybridized carbons (Fsp3) is 0.633. The Bertz CT molecular complexity index is 940. The highest BCUT2D eigenvalue weighted by Gasteiger charge is 2.39. The Hall–Kier alpha value is -2.48. The highest BCUT2D eigenvalue weighted by molar-refractivity contribution is 7.98. The maximum Gasteiger partial charge on any atom is 0.408 e. The van der Waals surface area contributed by atoms with E-state index in [0.29, 0.717) is 18.6 Å². The van der Waals surface area contributed by atoms with Crippen molar-refractivity contribution in [3.05, 3.63) is 42.0 Å². The van der Waals surface area contributed by atoms with Crippen LogP contribution < -0.4 is 10.6 Å². The number of nitrogens with one attached hydrogen (secondary N) is 2. The van der Waals surface area contributed by atoms with E-state index in [1.54, 1.807) is 43.5 Å². The number of hydrogen-bond donors (Lipinski definition) is 2. The van der Waals surface area contributed by atoms with Gasteiger partial charge in [0.1, 0.15) is 17.7 Å². The summed E-state index contributed by atoms with van der Waals surface area (Å²) in [6.45, 7) is 13.2. The van der Waals surface area contributed by atoms with Crippen LogP contribution in [0.5, 0.6) is 0 Å². The fourth-order valence-corrected chi connectivity index (χ4v) is 5.21. The Morgan fingerprint density at radius 2 is 1.89 bits per heavy atom. The van der Waals surface area contributed by atoms with Gasteiger partial charge in [-0.1, -0.05) is 57.0 Å². The number of alkyl carbamates (subject to hydrolysis) is 1. The molecule has 0 aromatic heterocycles. The summed E-state index contributed by atoms with van der Waals surface area (Å²) in [5, 5.41) is 6.05. The molecule has 8 heteroatoms. The molecule has 2 rings (SSSR count). The first-order chi connectivity index (χ1) is 18.0. The number of benzene rings is 1. The minimum atomic E-state index is -0.837. The van der Waals surface area contributed by atoms with Crippen LogP contribution in [0.15, 0.2) is 30.8 Å². The Morgan fingerprint density at radius 3 is 2.47 bits per heavy atom. The zero-order valence-electron chi connectivity index (χ0n) is 24.0. The fourth-order valence-electron chi connectivity index (χ4n) is 4.74.